The van der Waals surface area contributed by atoms with Gasteiger partial charge < -0.3 is 9.47 Å². The van der Waals surface area contributed by atoms with Gasteiger partial charge in [-0.25, -0.2) is 0 Å². The van der Waals surface area contributed by atoms with Crippen molar-refractivity contribution < 1.29 is 9.47 Å². The lowest BCUT2D eigenvalue weighted by molar-refractivity contribution is -0.233. The predicted octanol–water partition coefficient (Wildman–Crippen LogP) is 7.01. The van der Waals surface area contributed by atoms with E-state index in [0.717, 1.165) is 26.1 Å². The lowest BCUT2D eigenvalue weighted by atomic mass is 10.1. The van der Waals surface area contributed by atoms with Crippen LogP contribution in [-0.2, 0) is 9.47 Å². The lowest BCUT2D eigenvalue weighted by Crippen LogP contribution is -2.33. The van der Waals surface area contributed by atoms with Crippen molar-refractivity contribution in [1.82, 2.24) is 0 Å². The van der Waals surface area contributed by atoms with E-state index in [1.807, 2.05) is 0 Å². The highest BCUT2D eigenvalue weighted by atomic mass is 16.7. The van der Waals surface area contributed by atoms with Gasteiger partial charge >= 0.3 is 0 Å². The topological polar surface area (TPSA) is 18.5 Å². The van der Waals surface area contributed by atoms with Crippen LogP contribution >= 0.6 is 0 Å². The molecule has 0 N–H and O–H groups in total. The molecule has 1 aliphatic carbocycles. The summed E-state index contributed by atoms with van der Waals surface area (Å²) in [6, 6.07) is 0. The Hall–Kier alpha value is -0.0800. The Morgan fingerprint density at radius 2 is 0.957 bits per heavy atom. The minimum Gasteiger partial charge on any atom is -0.350 e. The maximum absolute atomic E-state index is 6.22. The van der Waals surface area contributed by atoms with Crippen LogP contribution in [0, 0.1) is 0 Å². The number of hydrogen-bond donors (Lipinski definition) is 0. The monoisotopic (exact) mass is 326 g/mol. The Morgan fingerprint density at radius 1 is 0.565 bits per heavy atom. The van der Waals surface area contributed by atoms with Gasteiger partial charge in [0.15, 0.2) is 5.79 Å². The highest BCUT2D eigenvalue weighted by Gasteiger charge is 2.35. The van der Waals surface area contributed by atoms with Crippen molar-refractivity contribution in [2.45, 2.75) is 122 Å². The number of unbranched alkanes of at least 4 members (excludes halogenated alkanes) is 10. The minimum atomic E-state index is -0.215. The molecule has 23 heavy (non-hydrogen) atoms. The number of hydrogen-bond acceptors (Lipinski definition) is 2. The summed E-state index contributed by atoms with van der Waals surface area (Å²) in [4.78, 5) is 0. The zero-order chi connectivity index (χ0) is 16.6. The molecule has 0 aromatic heterocycles. The first-order chi connectivity index (χ1) is 11.3. The minimum absolute atomic E-state index is 0.215. The van der Waals surface area contributed by atoms with Gasteiger partial charge in [-0.1, -0.05) is 78.1 Å². The first-order valence-corrected chi connectivity index (χ1v) is 10.6. The predicted molar refractivity (Wildman–Crippen MR) is 99.9 cm³/mol. The van der Waals surface area contributed by atoms with Gasteiger partial charge in [0.05, 0.1) is 13.2 Å². The smallest absolute Gasteiger partial charge is 0.168 e. The molecule has 0 unspecified atom stereocenters. The Kier molecular flexibility index (Phi) is 13.0. The van der Waals surface area contributed by atoms with Crippen molar-refractivity contribution >= 4 is 0 Å². The molecule has 0 aliphatic heterocycles. The molecule has 0 amide bonds. The Labute approximate surface area is 145 Å². The van der Waals surface area contributed by atoms with E-state index in [1.54, 1.807) is 0 Å². The van der Waals surface area contributed by atoms with Crippen LogP contribution in [0.4, 0.5) is 0 Å². The van der Waals surface area contributed by atoms with Gasteiger partial charge in [0.2, 0.25) is 0 Å². The van der Waals surface area contributed by atoms with E-state index in [9.17, 15) is 0 Å². The van der Waals surface area contributed by atoms with E-state index >= 15 is 0 Å². The molecule has 0 atom stereocenters. The molecule has 1 saturated carbocycles. The van der Waals surface area contributed by atoms with Crippen LogP contribution in [0.5, 0.6) is 0 Å². The molecule has 0 aromatic carbocycles. The Balaban J connectivity index is 2.05. The van der Waals surface area contributed by atoms with E-state index in [-0.39, 0.29) is 5.79 Å². The molecule has 1 fully saturated rings. The van der Waals surface area contributed by atoms with Gasteiger partial charge in [0.1, 0.15) is 0 Å². The fourth-order valence-corrected chi connectivity index (χ4v) is 3.53. The molecular formula is C21H42O2. The van der Waals surface area contributed by atoms with Gasteiger partial charge in [-0.05, 0) is 25.7 Å². The van der Waals surface area contributed by atoms with Gasteiger partial charge in [0.25, 0.3) is 0 Å². The second-order valence-electron chi connectivity index (χ2n) is 7.35. The first kappa shape index (κ1) is 21.0. The normalized spacial score (nSPS) is 17.0. The fourth-order valence-electron chi connectivity index (χ4n) is 3.53. The number of rotatable bonds is 16. The Morgan fingerprint density at radius 3 is 1.39 bits per heavy atom. The summed E-state index contributed by atoms with van der Waals surface area (Å²) >= 11 is 0. The van der Waals surface area contributed by atoms with Crippen LogP contribution in [0.1, 0.15) is 117 Å². The quantitative estimate of drug-likeness (QED) is 0.224. The van der Waals surface area contributed by atoms with E-state index in [4.69, 9.17) is 9.47 Å². The molecule has 1 rings (SSSR count). The third-order valence-electron chi connectivity index (χ3n) is 5.09. The summed E-state index contributed by atoms with van der Waals surface area (Å²) < 4.78 is 12.4. The van der Waals surface area contributed by atoms with Crippen LogP contribution in [0.15, 0.2) is 0 Å². The molecule has 0 radical (unpaired) electrons. The van der Waals surface area contributed by atoms with Crippen molar-refractivity contribution in [1.29, 1.82) is 0 Å². The summed E-state index contributed by atoms with van der Waals surface area (Å²) in [5.41, 5.74) is 0. The summed E-state index contributed by atoms with van der Waals surface area (Å²) in [7, 11) is 0. The van der Waals surface area contributed by atoms with Crippen LogP contribution in [0.2, 0.25) is 0 Å². The van der Waals surface area contributed by atoms with Crippen LogP contribution in [0.25, 0.3) is 0 Å². The number of ether oxygens (including phenoxy) is 2. The van der Waals surface area contributed by atoms with Crippen LogP contribution in [-0.4, -0.2) is 19.0 Å². The first-order valence-electron chi connectivity index (χ1n) is 10.6. The van der Waals surface area contributed by atoms with Crippen molar-refractivity contribution in [3.05, 3.63) is 0 Å². The van der Waals surface area contributed by atoms with Crippen molar-refractivity contribution in [3.63, 3.8) is 0 Å². The van der Waals surface area contributed by atoms with Crippen molar-refractivity contribution in [2.75, 3.05) is 13.2 Å². The zero-order valence-electron chi connectivity index (χ0n) is 16.0. The molecule has 0 saturated heterocycles. The third-order valence-corrected chi connectivity index (χ3v) is 5.09. The summed E-state index contributed by atoms with van der Waals surface area (Å²) in [6.45, 7) is 6.33. The summed E-state index contributed by atoms with van der Waals surface area (Å²) in [5, 5.41) is 0. The highest BCUT2D eigenvalue weighted by Crippen LogP contribution is 2.34. The summed E-state index contributed by atoms with van der Waals surface area (Å²) in [6.07, 6.45) is 20.7. The van der Waals surface area contributed by atoms with Crippen LogP contribution in [0.3, 0.4) is 0 Å². The highest BCUT2D eigenvalue weighted by molar-refractivity contribution is 4.77. The van der Waals surface area contributed by atoms with Crippen LogP contribution < -0.4 is 0 Å². The van der Waals surface area contributed by atoms with Gasteiger partial charge in [-0.2, -0.15) is 0 Å². The van der Waals surface area contributed by atoms with E-state index in [0.29, 0.717) is 0 Å². The van der Waals surface area contributed by atoms with E-state index in [2.05, 4.69) is 13.8 Å². The molecule has 0 aromatic rings. The second kappa shape index (κ2) is 14.3. The van der Waals surface area contributed by atoms with Crippen molar-refractivity contribution in [2.24, 2.45) is 0 Å². The molecule has 0 heterocycles. The van der Waals surface area contributed by atoms with Gasteiger partial charge in [-0.15, -0.1) is 0 Å². The third kappa shape index (κ3) is 10.4. The lowest BCUT2D eigenvalue weighted by Gasteiger charge is -2.29. The molecule has 0 bridgehead atoms. The standard InChI is InChI=1S/C21H42O2/c1-3-5-7-9-11-15-19-22-21(17-13-14-18-21)23-20-16-12-10-8-6-4-2/h3-20H2,1-2H3. The maximum atomic E-state index is 6.22. The van der Waals surface area contributed by atoms with Gasteiger partial charge in [0, 0.05) is 12.8 Å². The van der Waals surface area contributed by atoms with Crippen molar-refractivity contribution in [3.8, 4) is 0 Å². The largest absolute Gasteiger partial charge is 0.350 e. The average Bonchev–Trinajstić information content (AvgIpc) is 3.02. The molecule has 0 spiro atoms. The van der Waals surface area contributed by atoms with E-state index < -0.39 is 0 Å². The summed E-state index contributed by atoms with van der Waals surface area (Å²) in [5.74, 6) is -0.215. The molecule has 2 nitrogen and oxygen atoms in total. The maximum Gasteiger partial charge on any atom is 0.168 e. The molecule has 138 valence electrons. The molecular weight excluding hydrogens is 284 g/mol. The average molecular weight is 327 g/mol. The van der Waals surface area contributed by atoms with Gasteiger partial charge in [-0.3, -0.25) is 0 Å². The SMILES string of the molecule is CCCCCCCCOC1(OCCCCCCCC)CCCC1. The second-order valence-corrected chi connectivity index (χ2v) is 7.35. The Bertz CT molecular complexity index is 226. The zero-order valence-corrected chi connectivity index (χ0v) is 16.0. The fraction of sp³-hybridized carbons (Fsp3) is 1.00. The van der Waals surface area contributed by atoms with E-state index in [1.165, 1.54) is 89.9 Å². The molecule has 2 heteroatoms. The molecule has 1 aliphatic rings.